The first kappa shape index (κ1) is 19.1. The number of benzene rings is 1. The lowest BCUT2D eigenvalue weighted by Gasteiger charge is -2.05. The third-order valence-corrected chi connectivity index (χ3v) is 4.59. The molecular weight excluding hydrogens is 392 g/mol. The summed E-state index contributed by atoms with van der Waals surface area (Å²) >= 11 is 0. The SMILES string of the molecule is COC(=O)c1c(C(=O)OC)c2cccnn2c1C(=O)c1cc2ccccc2oc1=O. The number of aromatic nitrogens is 2. The standard InChI is InChI=1S/C21H14N2O7/c1-28-20(26)15-13-7-5-9-22-23(13)17(16(15)21(27)29-2)18(24)12-10-11-6-3-4-8-14(11)30-19(12)25/h3-10H,1-2H3. The largest absolute Gasteiger partial charge is 0.465 e. The summed E-state index contributed by atoms with van der Waals surface area (Å²) in [6.07, 6.45) is 1.37. The van der Waals surface area contributed by atoms with Crippen LogP contribution in [-0.4, -0.2) is 41.6 Å². The maximum atomic E-state index is 13.4. The van der Waals surface area contributed by atoms with E-state index in [1.165, 1.54) is 24.4 Å². The molecular formula is C21H14N2O7. The van der Waals surface area contributed by atoms with Gasteiger partial charge >= 0.3 is 17.6 Å². The minimum atomic E-state index is -0.950. The van der Waals surface area contributed by atoms with Crippen LogP contribution in [0.2, 0.25) is 0 Å². The fourth-order valence-corrected chi connectivity index (χ4v) is 3.26. The molecule has 0 aliphatic carbocycles. The number of methoxy groups -OCH3 is 2. The van der Waals surface area contributed by atoms with Crippen LogP contribution in [0.5, 0.6) is 0 Å². The number of hydrogen-bond acceptors (Lipinski definition) is 8. The molecule has 0 saturated carbocycles. The molecule has 0 radical (unpaired) electrons. The number of nitrogens with zero attached hydrogens (tertiary/aromatic N) is 2. The lowest BCUT2D eigenvalue weighted by Crippen LogP contribution is -2.20. The minimum absolute atomic E-state index is 0.151. The molecule has 0 aliphatic heterocycles. The van der Waals surface area contributed by atoms with Gasteiger partial charge in [0.15, 0.2) is 0 Å². The summed E-state index contributed by atoms with van der Waals surface area (Å²) in [6.45, 7) is 0. The molecule has 4 rings (SSSR count). The van der Waals surface area contributed by atoms with Gasteiger partial charge in [-0.15, -0.1) is 0 Å². The van der Waals surface area contributed by atoms with Crippen molar-refractivity contribution in [1.29, 1.82) is 0 Å². The van der Waals surface area contributed by atoms with Crippen LogP contribution in [0, 0.1) is 0 Å². The molecule has 0 atom stereocenters. The van der Waals surface area contributed by atoms with Crippen molar-refractivity contribution in [1.82, 2.24) is 9.61 Å². The first-order chi connectivity index (χ1) is 14.5. The van der Waals surface area contributed by atoms with Crippen molar-refractivity contribution in [2.24, 2.45) is 0 Å². The van der Waals surface area contributed by atoms with Crippen LogP contribution < -0.4 is 5.63 Å². The van der Waals surface area contributed by atoms with Gasteiger partial charge in [-0.1, -0.05) is 18.2 Å². The van der Waals surface area contributed by atoms with Gasteiger partial charge < -0.3 is 13.9 Å². The van der Waals surface area contributed by atoms with Crippen LogP contribution in [0.3, 0.4) is 0 Å². The summed E-state index contributed by atoms with van der Waals surface area (Å²) in [5, 5.41) is 4.60. The molecule has 9 nitrogen and oxygen atoms in total. The van der Waals surface area contributed by atoms with E-state index >= 15 is 0 Å². The van der Waals surface area contributed by atoms with Crippen molar-refractivity contribution in [2.45, 2.75) is 0 Å². The van der Waals surface area contributed by atoms with E-state index in [4.69, 9.17) is 13.9 Å². The van der Waals surface area contributed by atoms with Gasteiger partial charge in [0.2, 0.25) is 5.78 Å². The Kier molecular flexibility index (Phi) is 4.63. The molecule has 0 aliphatic rings. The number of ketones is 1. The van der Waals surface area contributed by atoms with E-state index in [2.05, 4.69) is 5.10 Å². The number of carbonyl (C=O) groups is 3. The molecule has 0 fully saturated rings. The van der Waals surface area contributed by atoms with E-state index in [9.17, 15) is 19.2 Å². The molecule has 0 amide bonds. The topological polar surface area (TPSA) is 117 Å². The van der Waals surface area contributed by atoms with E-state index < -0.39 is 23.3 Å². The van der Waals surface area contributed by atoms with Gasteiger partial charge in [-0.3, -0.25) is 4.79 Å². The van der Waals surface area contributed by atoms with E-state index in [-0.39, 0.29) is 27.9 Å². The Morgan fingerprint density at radius 3 is 2.40 bits per heavy atom. The summed E-state index contributed by atoms with van der Waals surface area (Å²) in [7, 11) is 2.25. The number of para-hydroxylation sites is 1. The summed E-state index contributed by atoms with van der Waals surface area (Å²) in [4.78, 5) is 50.9. The van der Waals surface area contributed by atoms with E-state index in [0.29, 0.717) is 11.0 Å². The van der Waals surface area contributed by atoms with Crippen LogP contribution in [0.4, 0.5) is 0 Å². The third kappa shape index (κ3) is 2.84. The third-order valence-electron chi connectivity index (χ3n) is 4.59. The van der Waals surface area contributed by atoms with Crippen molar-refractivity contribution < 1.29 is 28.3 Å². The molecule has 0 N–H and O–H groups in total. The van der Waals surface area contributed by atoms with Crippen LogP contribution in [-0.2, 0) is 9.47 Å². The van der Waals surface area contributed by atoms with Gasteiger partial charge in [-0.05, 0) is 24.3 Å². The first-order valence-corrected chi connectivity index (χ1v) is 8.71. The number of esters is 2. The number of ether oxygens (including phenoxy) is 2. The Morgan fingerprint density at radius 2 is 1.67 bits per heavy atom. The number of carbonyl (C=O) groups excluding carboxylic acids is 3. The van der Waals surface area contributed by atoms with Crippen molar-refractivity contribution in [2.75, 3.05) is 14.2 Å². The van der Waals surface area contributed by atoms with Gasteiger partial charge in [-0.25, -0.2) is 18.9 Å². The van der Waals surface area contributed by atoms with Gasteiger partial charge in [-0.2, -0.15) is 5.10 Å². The molecule has 1 aromatic carbocycles. The average Bonchev–Trinajstić information content (AvgIpc) is 3.12. The zero-order chi connectivity index (χ0) is 21.4. The number of rotatable bonds is 4. The van der Waals surface area contributed by atoms with E-state index in [1.807, 2.05) is 0 Å². The molecule has 150 valence electrons. The molecule has 0 bridgehead atoms. The average molecular weight is 406 g/mol. The van der Waals surface area contributed by atoms with Crippen molar-refractivity contribution >= 4 is 34.2 Å². The summed E-state index contributed by atoms with van der Waals surface area (Å²) in [5.74, 6) is -2.65. The van der Waals surface area contributed by atoms with Crippen LogP contribution in [0.25, 0.3) is 16.5 Å². The predicted molar refractivity (Wildman–Crippen MR) is 104 cm³/mol. The first-order valence-electron chi connectivity index (χ1n) is 8.71. The smallest absolute Gasteiger partial charge is 0.347 e. The monoisotopic (exact) mass is 406 g/mol. The summed E-state index contributed by atoms with van der Waals surface area (Å²) in [6, 6.07) is 11.1. The second-order valence-electron chi connectivity index (χ2n) is 6.22. The molecule has 0 spiro atoms. The lowest BCUT2D eigenvalue weighted by molar-refractivity contribution is 0.0556. The highest BCUT2D eigenvalue weighted by molar-refractivity contribution is 6.20. The Bertz CT molecular complexity index is 1400. The fraction of sp³-hybridized carbons (Fsp3) is 0.0952. The highest BCUT2D eigenvalue weighted by Crippen LogP contribution is 2.27. The van der Waals surface area contributed by atoms with Gasteiger partial charge in [0.1, 0.15) is 28.0 Å². The Balaban J connectivity index is 2.07. The fourth-order valence-electron chi connectivity index (χ4n) is 3.26. The van der Waals surface area contributed by atoms with Crippen LogP contribution >= 0.6 is 0 Å². The van der Waals surface area contributed by atoms with Gasteiger partial charge in [0.25, 0.3) is 0 Å². The highest BCUT2D eigenvalue weighted by Gasteiger charge is 2.34. The zero-order valence-corrected chi connectivity index (χ0v) is 15.9. The van der Waals surface area contributed by atoms with E-state index in [0.717, 1.165) is 18.7 Å². The van der Waals surface area contributed by atoms with Crippen molar-refractivity contribution in [3.63, 3.8) is 0 Å². The lowest BCUT2D eigenvalue weighted by atomic mass is 10.0. The molecule has 4 aromatic rings. The molecule has 0 saturated heterocycles. The second kappa shape index (κ2) is 7.28. The van der Waals surface area contributed by atoms with Gasteiger partial charge in [0, 0.05) is 11.6 Å². The summed E-state index contributed by atoms with van der Waals surface area (Å²) in [5.41, 5.74) is -1.59. The minimum Gasteiger partial charge on any atom is -0.465 e. The molecule has 3 heterocycles. The Morgan fingerprint density at radius 1 is 0.967 bits per heavy atom. The Hall–Kier alpha value is -4.27. The quantitative estimate of drug-likeness (QED) is 0.288. The number of fused-ring (bicyclic) bond motifs is 2. The maximum Gasteiger partial charge on any atom is 0.347 e. The van der Waals surface area contributed by atoms with Crippen molar-refractivity contribution in [3.05, 3.63) is 81.5 Å². The Labute approximate surface area is 168 Å². The van der Waals surface area contributed by atoms with Crippen LogP contribution in [0.1, 0.15) is 36.8 Å². The predicted octanol–water partition coefficient (Wildman–Crippen LogP) is 2.24. The molecule has 30 heavy (non-hydrogen) atoms. The molecule has 0 unspecified atom stereocenters. The summed E-state index contributed by atoms with van der Waals surface area (Å²) < 4.78 is 15.9. The number of hydrogen-bond donors (Lipinski definition) is 0. The normalized spacial score (nSPS) is 10.9. The van der Waals surface area contributed by atoms with Gasteiger partial charge in [0.05, 0.1) is 19.7 Å². The zero-order valence-electron chi connectivity index (χ0n) is 15.9. The van der Waals surface area contributed by atoms with Crippen LogP contribution in [0.15, 0.2) is 57.9 Å². The second-order valence-corrected chi connectivity index (χ2v) is 6.22. The molecule has 3 aromatic heterocycles. The van der Waals surface area contributed by atoms with Crippen molar-refractivity contribution in [3.8, 4) is 0 Å². The molecule has 9 heteroatoms. The van der Waals surface area contributed by atoms with E-state index in [1.54, 1.807) is 24.3 Å². The maximum absolute atomic E-state index is 13.4. The highest BCUT2D eigenvalue weighted by atomic mass is 16.5.